The summed E-state index contributed by atoms with van der Waals surface area (Å²) in [5, 5.41) is 10.8. The smallest absolute Gasteiger partial charge is 0.312 e. The summed E-state index contributed by atoms with van der Waals surface area (Å²) >= 11 is 0. The fourth-order valence-electron chi connectivity index (χ4n) is 8.49. The van der Waals surface area contributed by atoms with Crippen LogP contribution in [0.2, 0.25) is 0 Å². The summed E-state index contributed by atoms with van der Waals surface area (Å²) in [6, 6.07) is 7.95. The molecule has 2 unspecified atom stereocenters. The predicted octanol–water partition coefficient (Wildman–Crippen LogP) is 5.48. The summed E-state index contributed by atoms with van der Waals surface area (Å²) in [6.07, 6.45) is 8.00. The highest BCUT2D eigenvalue weighted by atomic mass is 16.6. The lowest BCUT2D eigenvalue weighted by molar-refractivity contribution is -0.163. The number of benzene rings is 1. The average Bonchev–Trinajstić information content (AvgIpc) is 3.54. The molecule has 0 saturated carbocycles. The SMILES string of the molecule is C=CCCCCOC(=O)[C@H]1[C@H]2C(=O)N([C@@H](CO)Cc3ccccc3)C(C(=O)N(CC=C)C(C)(C)CC(C)(C)C)C23CC[C@]1(C)O3. The van der Waals surface area contributed by atoms with E-state index in [0.29, 0.717) is 32.1 Å². The summed E-state index contributed by atoms with van der Waals surface area (Å²) in [7, 11) is 0. The number of hydrogen-bond donors (Lipinski definition) is 1. The molecule has 0 aromatic heterocycles. The van der Waals surface area contributed by atoms with Gasteiger partial charge in [0.1, 0.15) is 17.6 Å². The van der Waals surface area contributed by atoms with Crippen molar-refractivity contribution in [2.45, 2.75) is 115 Å². The molecular formula is C37H54N2O6. The number of amides is 2. The molecule has 2 bridgehead atoms. The fourth-order valence-corrected chi connectivity index (χ4v) is 8.49. The highest BCUT2D eigenvalue weighted by molar-refractivity contribution is 5.99. The Bertz CT molecular complexity index is 1260. The Labute approximate surface area is 269 Å². The molecule has 45 heavy (non-hydrogen) atoms. The van der Waals surface area contributed by atoms with Crippen molar-refractivity contribution in [2.24, 2.45) is 17.3 Å². The Balaban J connectivity index is 1.78. The molecule has 4 rings (SSSR count). The number of esters is 1. The number of allylic oxidation sites excluding steroid dienone is 1. The van der Waals surface area contributed by atoms with Gasteiger partial charge in [-0.2, -0.15) is 0 Å². The standard InChI is InChI=1S/C37H54N2O6/c1-9-11-12-16-22-44-33(43)29-28-31(41)39(27(24-40)23-26-17-14-13-15-18-26)30(37(28)20-19-36(29,8)45-37)32(42)38(21-10-2)35(6,7)25-34(3,4)5/h9-10,13-15,17-18,27-30,40H,1-2,11-12,16,19-25H2,3-8H3/t27-,28+,29-,30?,36+,37?/m1/s1. The quantitative estimate of drug-likeness (QED) is 0.158. The van der Waals surface area contributed by atoms with E-state index in [-0.39, 0.29) is 37.0 Å². The van der Waals surface area contributed by atoms with Crippen LogP contribution in [0.15, 0.2) is 55.6 Å². The van der Waals surface area contributed by atoms with Crippen LogP contribution in [-0.4, -0.2) is 81.3 Å². The van der Waals surface area contributed by atoms with E-state index < -0.39 is 46.6 Å². The zero-order valence-corrected chi connectivity index (χ0v) is 28.2. The monoisotopic (exact) mass is 622 g/mol. The van der Waals surface area contributed by atoms with Crippen molar-refractivity contribution in [1.82, 2.24) is 9.80 Å². The molecule has 0 aliphatic carbocycles. The number of carbonyl (C=O) groups excluding carboxylic acids is 3. The van der Waals surface area contributed by atoms with Gasteiger partial charge in [-0.25, -0.2) is 0 Å². The number of aliphatic hydroxyl groups excluding tert-OH is 1. The predicted molar refractivity (Wildman–Crippen MR) is 175 cm³/mol. The number of ether oxygens (including phenoxy) is 2. The van der Waals surface area contributed by atoms with Crippen LogP contribution in [0.4, 0.5) is 0 Å². The molecule has 3 aliphatic heterocycles. The number of unbranched alkanes of at least 4 members (excludes halogenated alkanes) is 2. The van der Waals surface area contributed by atoms with Gasteiger partial charge < -0.3 is 24.4 Å². The van der Waals surface area contributed by atoms with E-state index in [9.17, 15) is 14.7 Å². The molecule has 3 saturated heterocycles. The van der Waals surface area contributed by atoms with E-state index in [1.165, 1.54) is 0 Å². The molecule has 6 atom stereocenters. The molecule has 3 fully saturated rings. The van der Waals surface area contributed by atoms with Crippen molar-refractivity contribution < 1.29 is 29.0 Å². The minimum absolute atomic E-state index is 0.0769. The van der Waals surface area contributed by atoms with E-state index in [1.807, 2.05) is 62.1 Å². The Morgan fingerprint density at radius 2 is 1.82 bits per heavy atom. The van der Waals surface area contributed by atoms with Gasteiger partial charge in [0.2, 0.25) is 11.8 Å². The number of fused-ring (bicyclic) bond motifs is 1. The Morgan fingerprint density at radius 3 is 2.42 bits per heavy atom. The van der Waals surface area contributed by atoms with E-state index in [4.69, 9.17) is 9.47 Å². The fraction of sp³-hybridized carbons (Fsp3) is 0.649. The third kappa shape index (κ3) is 6.78. The summed E-state index contributed by atoms with van der Waals surface area (Å²) in [5.41, 5.74) is -1.86. The lowest BCUT2D eigenvalue weighted by Crippen LogP contribution is -2.62. The van der Waals surface area contributed by atoms with Gasteiger partial charge in [0.15, 0.2) is 0 Å². The van der Waals surface area contributed by atoms with Crippen LogP contribution in [0.5, 0.6) is 0 Å². The normalized spacial score (nSPS) is 28.1. The Kier molecular flexibility index (Phi) is 10.4. The van der Waals surface area contributed by atoms with Crippen molar-refractivity contribution >= 4 is 17.8 Å². The van der Waals surface area contributed by atoms with Crippen molar-refractivity contribution in [2.75, 3.05) is 19.8 Å². The number of carbonyl (C=O) groups is 3. The van der Waals surface area contributed by atoms with Gasteiger partial charge >= 0.3 is 5.97 Å². The third-order valence-electron chi connectivity index (χ3n) is 9.94. The van der Waals surface area contributed by atoms with Gasteiger partial charge in [-0.3, -0.25) is 14.4 Å². The number of likely N-dealkylation sites (tertiary alicyclic amines) is 1. The molecule has 3 aliphatic rings. The largest absolute Gasteiger partial charge is 0.465 e. The minimum atomic E-state index is -1.21. The number of nitrogens with zero attached hydrogens (tertiary/aromatic N) is 2. The zero-order chi connectivity index (χ0) is 33.2. The second-order valence-electron chi connectivity index (χ2n) is 15.2. The topological polar surface area (TPSA) is 96.4 Å². The van der Waals surface area contributed by atoms with Gasteiger partial charge in [-0.15, -0.1) is 13.2 Å². The first kappa shape index (κ1) is 34.9. The average molecular weight is 623 g/mol. The summed E-state index contributed by atoms with van der Waals surface area (Å²) in [6.45, 7) is 20.3. The first-order chi connectivity index (χ1) is 21.2. The second-order valence-corrected chi connectivity index (χ2v) is 15.2. The maximum absolute atomic E-state index is 15.1. The van der Waals surface area contributed by atoms with E-state index in [0.717, 1.165) is 18.4 Å². The molecule has 3 heterocycles. The first-order valence-electron chi connectivity index (χ1n) is 16.5. The molecule has 8 heteroatoms. The van der Waals surface area contributed by atoms with Gasteiger partial charge in [0, 0.05) is 12.1 Å². The molecular weight excluding hydrogens is 568 g/mol. The van der Waals surface area contributed by atoms with Crippen LogP contribution in [0.3, 0.4) is 0 Å². The van der Waals surface area contributed by atoms with Crippen molar-refractivity contribution in [1.29, 1.82) is 0 Å². The van der Waals surface area contributed by atoms with Crippen LogP contribution in [0, 0.1) is 17.3 Å². The Hall–Kier alpha value is -2.97. The highest BCUT2D eigenvalue weighted by Gasteiger charge is 2.79. The lowest BCUT2D eigenvalue weighted by Gasteiger charge is -2.46. The third-order valence-corrected chi connectivity index (χ3v) is 9.94. The molecule has 1 N–H and O–H groups in total. The van der Waals surface area contributed by atoms with Crippen LogP contribution >= 0.6 is 0 Å². The zero-order valence-electron chi connectivity index (χ0n) is 28.2. The molecule has 2 amide bonds. The summed E-state index contributed by atoms with van der Waals surface area (Å²) < 4.78 is 12.6. The maximum Gasteiger partial charge on any atom is 0.312 e. The second kappa shape index (κ2) is 13.4. The highest BCUT2D eigenvalue weighted by Crippen LogP contribution is 2.64. The van der Waals surface area contributed by atoms with Crippen LogP contribution in [0.1, 0.15) is 85.6 Å². The molecule has 8 nitrogen and oxygen atoms in total. The first-order valence-corrected chi connectivity index (χ1v) is 16.5. The van der Waals surface area contributed by atoms with E-state index >= 15 is 4.79 Å². The maximum atomic E-state index is 15.1. The summed E-state index contributed by atoms with van der Waals surface area (Å²) in [5.74, 6) is -2.75. The minimum Gasteiger partial charge on any atom is -0.465 e. The molecule has 1 aromatic carbocycles. The van der Waals surface area contributed by atoms with Crippen LogP contribution < -0.4 is 0 Å². The Morgan fingerprint density at radius 1 is 1.13 bits per heavy atom. The van der Waals surface area contributed by atoms with Gasteiger partial charge in [0.05, 0.1) is 30.8 Å². The van der Waals surface area contributed by atoms with Gasteiger partial charge in [-0.1, -0.05) is 63.3 Å². The summed E-state index contributed by atoms with van der Waals surface area (Å²) in [4.78, 5) is 47.0. The van der Waals surface area contributed by atoms with Crippen LogP contribution in [-0.2, 0) is 30.3 Å². The number of aliphatic hydroxyl groups is 1. The van der Waals surface area contributed by atoms with Gasteiger partial charge in [-0.05, 0) is 76.7 Å². The number of hydrogen-bond acceptors (Lipinski definition) is 6. The van der Waals surface area contributed by atoms with Crippen molar-refractivity contribution in [3.05, 3.63) is 61.2 Å². The molecule has 1 aromatic rings. The van der Waals surface area contributed by atoms with E-state index in [1.54, 1.807) is 11.0 Å². The van der Waals surface area contributed by atoms with Crippen molar-refractivity contribution in [3.63, 3.8) is 0 Å². The lowest BCUT2D eigenvalue weighted by atomic mass is 9.66. The van der Waals surface area contributed by atoms with E-state index in [2.05, 4.69) is 33.9 Å². The van der Waals surface area contributed by atoms with Crippen LogP contribution in [0.25, 0.3) is 0 Å². The number of rotatable bonds is 15. The molecule has 0 radical (unpaired) electrons. The molecule has 1 spiro atoms. The van der Waals surface area contributed by atoms with Gasteiger partial charge in [0.25, 0.3) is 0 Å². The molecule has 248 valence electrons. The van der Waals surface area contributed by atoms with Crippen molar-refractivity contribution in [3.8, 4) is 0 Å².